The first-order valence-corrected chi connectivity index (χ1v) is 6.63. The van der Waals surface area contributed by atoms with Crippen molar-refractivity contribution in [3.8, 4) is 0 Å². The number of rotatable bonds is 0. The molecule has 1 aromatic heterocycles. The number of fused-ring (bicyclic) bond motifs is 5. The van der Waals surface area contributed by atoms with Crippen LogP contribution in [0.5, 0.6) is 0 Å². The smallest absolute Gasteiger partial charge is 0.143 e. The van der Waals surface area contributed by atoms with Gasteiger partial charge in [0.2, 0.25) is 0 Å². The van der Waals surface area contributed by atoms with E-state index >= 15 is 0 Å². The molecule has 1 heteroatoms. The van der Waals surface area contributed by atoms with Crippen LogP contribution >= 0.6 is 0 Å². The molecule has 1 aliphatic rings. The summed E-state index contributed by atoms with van der Waals surface area (Å²) in [6.07, 6.45) is 8.60. The number of furan rings is 1. The topological polar surface area (TPSA) is 13.1 Å². The summed E-state index contributed by atoms with van der Waals surface area (Å²) in [5.41, 5.74) is 1.96. The van der Waals surface area contributed by atoms with E-state index in [0.29, 0.717) is 5.92 Å². The molecule has 92 valence electrons. The Kier molecular flexibility index (Phi) is 2.16. The maximum absolute atomic E-state index is 6.09. The standard InChI is InChI=1S/C18H14O/c1-12-5-4-8-17-16(11-12)15-10-9-13-6-2-3-7-14(13)18(15)19-17/h2-12H,1H3/t12-/m0/s1. The highest BCUT2D eigenvalue weighted by Gasteiger charge is 2.08. The number of allylic oxidation sites excluding steroid dienone is 2. The van der Waals surface area contributed by atoms with Gasteiger partial charge in [0.05, 0.1) is 0 Å². The number of benzene rings is 2. The van der Waals surface area contributed by atoms with Crippen LogP contribution in [0, 0.1) is 5.92 Å². The van der Waals surface area contributed by atoms with Crippen LogP contribution in [0.4, 0.5) is 0 Å². The third-order valence-electron chi connectivity index (χ3n) is 3.74. The highest BCUT2D eigenvalue weighted by Crippen LogP contribution is 2.22. The van der Waals surface area contributed by atoms with Gasteiger partial charge in [0, 0.05) is 16.0 Å². The molecule has 0 fully saturated rings. The lowest BCUT2D eigenvalue weighted by molar-refractivity contribution is 0.578. The largest absolute Gasteiger partial charge is 0.455 e. The van der Waals surface area contributed by atoms with E-state index in [4.69, 9.17) is 4.42 Å². The lowest BCUT2D eigenvalue weighted by Crippen LogP contribution is -2.19. The van der Waals surface area contributed by atoms with Gasteiger partial charge in [0.15, 0.2) is 0 Å². The zero-order valence-electron chi connectivity index (χ0n) is 10.8. The Morgan fingerprint density at radius 2 is 1.89 bits per heavy atom. The molecule has 0 saturated heterocycles. The van der Waals surface area contributed by atoms with E-state index in [2.05, 4.69) is 67.6 Å². The predicted octanol–water partition coefficient (Wildman–Crippen LogP) is 3.35. The van der Waals surface area contributed by atoms with E-state index in [1.807, 2.05) is 0 Å². The summed E-state index contributed by atoms with van der Waals surface area (Å²) >= 11 is 0. The van der Waals surface area contributed by atoms with Gasteiger partial charge in [-0.2, -0.15) is 0 Å². The summed E-state index contributed by atoms with van der Waals surface area (Å²) in [5, 5.41) is 4.84. The molecule has 3 aromatic rings. The number of hydrogen-bond donors (Lipinski definition) is 0. The molecule has 1 aliphatic carbocycles. The van der Waals surface area contributed by atoms with E-state index in [-0.39, 0.29) is 0 Å². The molecule has 0 N–H and O–H groups in total. The van der Waals surface area contributed by atoms with Crippen LogP contribution in [-0.2, 0) is 0 Å². The van der Waals surface area contributed by atoms with Gasteiger partial charge in [0.25, 0.3) is 0 Å². The molecule has 4 rings (SSSR count). The highest BCUT2D eigenvalue weighted by atomic mass is 16.3. The van der Waals surface area contributed by atoms with Gasteiger partial charge >= 0.3 is 0 Å². The van der Waals surface area contributed by atoms with Crippen molar-refractivity contribution >= 4 is 33.9 Å². The minimum absolute atomic E-state index is 0.435. The molecule has 2 aromatic carbocycles. The van der Waals surface area contributed by atoms with Gasteiger partial charge in [-0.05, 0) is 23.4 Å². The fourth-order valence-electron chi connectivity index (χ4n) is 2.80. The Labute approximate surface area is 111 Å². The molecule has 1 heterocycles. The van der Waals surface area contributed by atoms with Gasteiger partial charge in [-0.15, -0.1) is 0 Å². The average Bonchev–Trinajstić information content (AvgIpc) is 2.67. The fourth-order valence-corrected chi connectivity index (χ4v) is 2.80. The van der Waals surface area contributed by atoms with Gasteiger partial charge in [0.1, 0.15) is 11.0 Å². The van der Waals surface area contributed by atoms with Gasteiger partial charge < -0.3 is 4.42 Å². The zero-order valence-corrected chi connectivity index (χ0v) is 10.8. The molecular weight excluding hydrogens is 232 g/mol. The quantitative estimate of drug-likeness (QED) is 0.593. The molecule has 0 spiro atoms. The number of hydrogen-bond acceptors (Lipinski definition) is 1. The second-order valence-corrected chi connectivity index (χ2v) is 5.12. The molecule has 0 unspecified atom stereocenters. The minimum atomic E-state index is 0.435. The summed E-state index contributed by atoms with van der Waals surface area (Å²) in [7, 11) is 0. The lowest BCUT2D eigenvalue weighted by atomic mass is 10.1. The first-order valence-electron chi connectivity index (χ1n) is 6.63. The average molecular weight is 246 g/mol. The SMILES string of the molecule is C[C@H]1C=CC=c2oc3c(ccc4ccccc43)c2=C1. The fraction of sp³-hybridized carbons (Fsp3) is 0.111. The van der Waals surface area contributed by atoms with Crippen LogP contribution in [0.2, 0.25) is 0 Å². The van der Waals surface area contributed by atoms with Crippen molar-refractivity contribution in [2.75, 3.05) is 0 Å². The first-order chi connectivity index (χ1) is 9.33. The Bertz CT molecular complexity index is 925. The van der Waals surface area contributed by atoms with Gasteiger partial charge in [-0.25, -0.2) is 0 Å². The van der Waals surface area contributed by atoms with Crippen LogP contribution in [0.1, 0.15) is 6.92 Å². The normalized spacial score (nSPS) is 17.8. The summed E-state index contributed by atoms with van der Waals surface area (Å²) in [4.78, 5) is 0. The highest BCUT2D eigenvalue weighted by molar-refractivity contribution is 6.04. The van der Waals surface area contributed by atoms with Crippen molar-refractivity contribution in [2.24, 2.45) is 5.92 Å². The van der Waals surface area contributed by atoms with Gasteiger partial charge in [-0.1, -0.05) is 55.5 Å². The molecule has 0 aliphatic heterocycles. The lowest BCUT2D eigenvalue weighted by Gasteiger charge is -1.98. The molecule has 0 bridgehead atoms. The van der Waals surface area contributed by atoms with Crippen molar-refractivity contribution in [1.82, 2.24) is 0 Å². The van der Waals surface area contributed by atoms with Crippen molar-refractivity contribution in [2.45, 2.75) is 6.92 Å². The molecule has 1 atom stereocenters. The summed E-state index contributed by atoms with van der Waals surface area (Å²) in [5.74, 6) is 0.435. The minimum Gasteiger partial charge on any atom is -0.455 e. The second kappa shape index (κ2) is 3.86. The summed E-state index contributed by atoms with van der Waals surface area (Å²) in [6, 6.07) is 12.7. The third-order valence-corrected chi connectivity index (χ3v) is 3.74. The summed E-state index contributed by atoms with van der Waals surface area (Å²) < 4.78 is 6.09. The molecule has 0 saturated carbocycles. The van der Waals surface area contributed by atoms with Gasteiger partial charge in [-0.3, -0.25) is 0 Å². The van der Waals surface area contributed by atoms with Crippen LogP contribution in [0.3, 0.4) is 0 Å². The Balaban J connectivity index is 2.26. The van der Waals surface area contributed by atoms with Crippen molar-refractivity contribution in [3.63, 3.8) is 0 Å². The van der Waals surface area contributed by atoms with Crippen molar-refractivity contribution < 1.29 is 4.42 Å². The summed E-state index contributed by atoms with van der Waals surface area (Å²) in [6.45, 7) is 2.19. The monoisotopic (exact) mass is 246 g/mol. The van der Waals surface area contributed by atoms with Crippen LogP contribution in [-0.4, -0.2) is 0 Å². The Morgan fingerprint density at radius 3 is 2.84 bits per heavy atom. The molecule has 19 heavy (non-hydrogen) atoms. The Morgan fingerprint density at radius 1 is 1.00 bits per heavy atom. The molecule has 0 amide bonds. The van der Waals surface area contributed by atoms with Crippen molar-refractivity contribution in [1.29, 1.82) is 0 Å². The molecule has 1 nitrogen and oxygen atoms in total. The molecule has 0 radical (unpaired) electrons. The van der Waals surface area contributed by atoms with E-state index in [1.165, 1.54) is 21.4 Å². The maximum atomic E-state index is 6.09. The van der Waals surface area contributed by atoms with E-state index in [0.717, 1.165) is 11.0 Å². The Hall–Kier alpha value is -2.28. The second-order valence-electron chi connectivity index (χ2n) is 5.12. The van der Waals surface area contributed by atoms with Crippen LogP contribution in [0.25, 0.3) is 33.9 Å². The maximum Gasteiger partial charge on any atom is 0.143 e. The van der Waals surface area contributed by atoms with Crippen LogP contribution < -0.4 is 10.6 Å². The molecular formula is C18H14O. The van der Waals surface area contributed by atoms with Crippen LogP contribution in [0.15, 0.2) is 53.0 Å². The van der Waals surface area contributed by atoms with E-state index in [9.17, 15) is 0 Å². The first kappa shape index (κ1) is 10.6. The van der Waals surface area contributed by atoms with Crippen molar-refractivity contribution in [3.05, 3.63) is 59.2 Å². The zero-order chi connectivity index (χ0) is 12.8. The third kappa shape index (κ3) is 1.55. The van der Waals surface area contributed by atoms with E-state index < -0.39 is 0 Å². The van der Waals surface area contributed by atoms with E-state index in [1.54, 1.807) is 0 Å². The predicted molar refractivity (Wildman–Crippen MR) is 80.2 cm³/mol.